The summed E-state index contributed by atoms with van der Waals surface area (Å²) in [5.74, 6) is -0.0169. The van der Waals surface area contributed by atoms with Gasteiger partial charge in [0.05, 0.1) is 5.25 Å². The summed E-state index contributed by atoms with van der Waals surface area (Å²) in [6.45, 7) is 2.31. The number of anilines is 1. The standard InChI is InChI=1S/C16H17ClN2OS/c1-11(21-14-8-6-13(18)7-9-14)16(20)19-10-12-4-2-3-5-15(12)17/h2-9,11H,10,18H2,1H3,(H,19,20). The quantitative estimate of drug-likeness (QED) is 0.652. The molecule has 0 radical (unpaired) electrons. The molecule has 0 aromatic heterocycles. The van der Waals surface area contributed by atoms with Gasteiger partial charge in [0.1, 0.15) is 0 Å². The van der Waals surface area contributed by atoms with E-state index in [9.17, 15) is 4.79 Å². The molecule has 0 aliphatic carbocycles. The van der Waals surface area contributed by atoms with Gasteiger partial charge in [-0.2, -0.15) is 0 Å². The lowest BCUT2D eigenvalue weighted by Crippen LogP contribution is -2.30. The van der Waals surface area contributed by atoms with Gasteiger partial charge in [0, 0.05) is 22.2 Å². The molecule has 0 fully saturated rings. The Morgan fingerprint density at radius 1 is 1.24 bits per heavy atom. The van der Waals surface area contributed by atoms with Gasteiger partial charge >= 0.3 is 0 Å². The van der Waals surface area contributed by atoms with Gasteiger partial charge in [-0.15, -0.1) is 11.8 Å². The van der Waals surface area contributed by atoms with Crippen LogP contribution in [0, 0.1) is 0 Å². The van der Waals surface area contributed by atoms with Crippen molar-refractivity contribution in [3.8, 4) is 0 Å². The molecule has 2 rings (SSSR count). The zero-order valence-electron chi connectivity index (χ0n) is 11.7. The van der Waals surface area contributed by atoms with Gasteiger partial charge < -0.3 is 11.1 Å². The van der Waals surface area contributed by atoms with Crippen LogP contribution in [0.1, 0.15) is 12.5 Å². The summed E-state index contributed by atoms with van der Waals surface area (Å²) in [5.41, 5.74) is 7.27. The van der Waals surface area contributed by atoms with E-state index in [2.05, 4.69) is 5.32 Å². The Hall–Kier alpha value is -1.65. The van der Waals surface area contributed by atoms with E-state index < -0.39 is 0 Å². The first-order valence-electron chi connectivity index (χ1n) is 6.59. The van der Waals surface area contributed by atoms with Crippen molar-refractivity contribution in [2.75, 3.05) is 5.73 Å². The number of nitrogen functional groups attached to an aromatic ring is 1. The highest BCUT2D eigenvalue weighted by atomic mass is 35.5. The Balaban J connectivity index is 1.88. The van der Waals surface area contributed by atoms with E-state index in [1.165, 1.54) is 11.8 Å². The second kappa shape index (κ2) is 7.38. The van der Waals surface area contributed by atoms with E-state index in [4.69, 9.17) is 17.3 Å². The van der Waals surface area contributed by atoms with Crippen LogP contribution in [0.15, 0.2) is 53.4 Å². The molecule has 1 atom stereocenters. The zero-order chi connectivity index (χ0) is 15.2. The molecule has 0 aliphatic heterocycles. The molecule has 5 heteroatoms. The van der Waals surface area contributed by atoms with Crippen LogP contribution >= 0.6 is 23.4 Å². The maximum atomic E-state index is 12.1. The molecule has 1 amide bonds. The molecule has 2 aromatic carbocycles. The van der Waals surface area contributed by atoms with Gasteiger partial charge in [-0.1, -0.05) is 29.8 Å². The van der Waals surface area contributed by atoms with Crippen LogP contribution in [0.5, 0.6) is 0 Å². The minimum absolute atomic E-state index is 0.0169. The first-order chi connectivity index (χ1) is 10.1. The molecule has 21 heavy (non-hydrogen) atoms. The van der Waals surface area contributed by atoms with Gasteiger partial charge in [0.15, 0.2) is 0 Å². The molecule has 0 saturated carbocycles. The lowest BCUT2D eigenvalue weighted by atomic mass is 10.2. The number of benzene rings is 2. The highest BCUT2D eigenvalue weighted by Gasteiger charge is 2.14. The van der Waals surface area contributed by atoms with Crippen molar-refractivity contribution in [3.63, 3.8) is 0 Å². The summed E-state index contributed by atoms with van der Waals surface area (Å²) >= 11 is 7.56. The first kappa shape index (κ1) is 15.7. The van der Waals surface area contributed by atoms with Gasteiger partial charge in [-0.05, 0) is 42.8 Å². The minimum atomic E-state index is -0.184. The third-order valence-corrected chi connectivity index (χ3v) is 4.45. The third-order valence-electron chi connectivity index (χ3n) is 2.97. The lowest BCUT2D eigenvalue weighted by molar-refractivity contribution is -0.120. The molecule has 0 heterocycles. The van der Waals surface area contributed by atoms with Crippen molar-refractivity contribution in [2.45, 2.75) is 23.6 Å². The lowest BCUT2D eigenvalue weighted by Gasteiger charge is -2.12. The normalized spacial score (nSPS) is 11.9. The summed E-state index contributed by atoms with van der Waals surface area (Å²) < 4.78 is 0. The molecule has 0 bridgehead atoms. The number of nitrogens with two attached hydrogens (primary N) is 1. The number of rotatable bonds is 5. The Morgan fingerprint density at radius 2 is 1.90 bits per heavy atom. The van der Waals surface area contributed by atoms with Crippen LogP contribution in [0.4, 0.5) is 5.69 Å². The number of halogens is 1. The van der Waals surface area contributed by atoms with Crippen molar-refractivity contribution in [1.82, 2.24) is 5.32 Å². The smallest absolute Gasteiger partial charge is 0.233 e. The highest BCUT2D eigenvalue weighted by Crippen LogP contribution is 2.24. The average molecular weight is 321 g/mol. The summed E-state index contributed by atoms with van der Waals surface area (Å²) in [6, 6.07) is 15.0. The fraction of sp³-hybridized carbons (Fsp3) is 0.188. The van der Waals surface area contributed by atoms with Crippen LogP contribution in [0.3, 0.4) is 0 Å². The largest absolute Gasteiger partial charge is 0.399 e. The number of hydrogen-bond donors (Lipinski definition) is 2. The second-order valence-corrected chi connectivity index (χ2v) is 6.46. The Bertz CT molecular complexity index is 616. The Kier molecular flexibility index (Phi) is 5.53. The highest BCUT2D eigenvalue weighted by molar-refractivity contribution is 8.00. The summed E-state index contributed by atoms with van der Waals surface area (Å²) in [6.07, 6.45) is 0. The maximum absolute atomic E-state index is 12.1. The van der Waals surface area contributed by atoms with Gasteiger partial charge in [-0.25, -0.2) is 0 Å². The number of thioether (sulfide) groups is 1. The minimum Gasteiger partial charge on any atom is -0.399 e. The summed E-state index contributed by atoms with van der Waals surface area (Å²) in [5, 5.41) is 3.38. The summed E-state index contributed by atoms with van der Waals surface area (Å²) in [7, 11) is 0. The van der Waals surface area contributed by atoms with Crippen molar-refractivity contribution in [3.05, 3.63) is 59.1 Å². The van der Waals surface area contributed by atoms with Crippen molar-refractivity contribution in [1.29, 1.82) is 0 Å². The van der Waals surface area contributed by atoms with Gasteiger partial charge in [0.2, 0.25) is 5.91 Å². The SMILES string of the molecule is CC(Sc1ccc(N)cc1)C(=O)NCc1ccccc1Cl. The van der Waals surface area contributed by atoms with E-state index in [0.29, 0.717) is 11.6 Å². The molecule has 3 nitrogen and oxygen atoms in total. The first-order valence-corrected chi connectivity index (χ1v) is 7.85. The third kappa shape index (κ3) is 4.69. The predicted molar refractivity (Wildman–Crippen MR) is 89.5 cm³/mol. The fourth-order valence-electron chi connectivity index (χ4n) is 1.77. The van der Waals surface area contributed by atoms with Crippen LogP contribution in [0.25, 0.3) is 0 Å². The van der Waals surface area contributed by atoms with Crippen LogP contribution in [0.2, 0.25) is 5.02 Å². The average Bonchev–Trinajstić information content (AvgIpc) is 2.48. The number of hydrogen-bond acceptors (Lipinski definition) is 3. The Morgan fingerprint density at radius 3 is 2.57 bits per heavy atom. The molecule has 0 spiro atoms. The van der Waals surface area contributed by atoms with E-state index in [0.717, 1.165) is 16.1 Å². The number of nitrogens with one attached hydrogen (secondary N) is 1. The molecule has 1 unspecified atom stereocenters. The maximum Gasteiger partial charge on any atom is 0.233 e. The number of carbonyl (C=O) groups is 1. The van der Waals surface area contributed by atoms with Gasteiger partial charge in [0.25, 0.3) is 0 Å². The number of amides is 1. The van der Waals surface area contributed by atoms with Crippen molar-refractivity contribution in [2.24, 2.45) is 0 Å². The van der Waals surface area contributed by atoms with Crippen molar-refractivity contribution < 1.29 is 4.79 Å². The zero-order valence-corrected chi connectivity index (χ0v) is 13.2. The predicted octanol–water partition coefficient (Wildman–Crippen LogP) is 3.72. The monoisotopic (exact) mass is 320 g/mol. The molecule has 0 aliphatic rings. The molecular formula is C16H17ClN2OS. The van der Waals surface area contributed by atoms with Crippen LogP contribution in [-0.2, 0) is 11.3 Å². The molecule has 110 valence electrons. The van der Waals surface area contributed by atoms with E-state index in [1.807, 2.05) is 55.5 Å². The van der Waals surface area contributed by atoms with Crippen LogP contribution in [-0.4, -0.2) is 11.2 Å². The van der Waals surface area contributed by atoms with Crippen molar-refractivity contribution >= 4 is 35.0 Å². The second-order valence-electron chi connectivity index (χ2n) is 4.64. The fourth-order valence-corrected chi connectivity index (χ4v) is 2.87. The molecular weight excluding hydrogens is 304 g/mol. The van der Waals surface area contributed by atoms with Gasteiger partial charge in [-0.3, -0.25) is 4.79 Å². The molecule has 3 N–H and O–H groups in total. The van der Waals surface area contributed by atoms with E-state index in [-0.39, 0.29) is 11.2 Å². The van der Waals surface area contributed by atoms with Crippen LogP contribution < -0.4 is 11.1 Å². The Labute approximate surface area is 133 Å². The molecule has 0 saturated heterocycles. The number of carbonyl (C=O) groups excluding carboxylic acids is 1. The van der Waals surface area contributed by atoms with E-state index >= 15 is 0 Å². The van der Waals surface area contributed by atoms with E-state index in [1.54, 1.807) is 0 Å². The summed E-state index contributed by atoms with van der Waals surface area (Å²) in [4.78, 5) is 13.1. The molecule has 2 aromatic rings. The topological polar surface area (TPSA) is 55.1 Å².